The molecule has 2 aromatic carbocycles. The minimum atomic E-state index is -0.0778. The van der Waals surface area contributed by atoms with Crippen molar-refractivity contribution in [2.45, 2.75) is 19.9 Å². The van der Waals surface area contributed by atoms with Crippen molar-refractivity contribution < 1.29 is 14.3 Å². The summed E-state index contributed by atoms with van der Waals surface area (Å²) in [4.78, 5) is 14.8. The Kier molecular flexibility index (Phi) is 5.78. The molecule has 1 N–H and O–H groups in total. The monoisotopic (exact) mass is 354 g/mol. The van der Waals surface area contributed by atoms with Gasteiger partial charge in [0.2, 0.25) is 0 Å². The number of morpholine rings is 1. The van der Waals surface area contributed by atoms with Gasteiger partial charge in [0.15, 0.2) is 0 Å². The van der Waals surface area contributed by atoms with Gasteiger partial charge in [0.25, 0.3) is 5.91 Å². The predicted octanol–water partition coefficient (Wildman–Crippen LogP) is 3.33. The fraction of sp³-hybridized carbons (Fsp3) is 0.381. The van der Waals surface area contributed by atoms with E-state index in [4.69, 9.17) is 9.47 Å². The van der Waals surface area contributed by atoms with Gasteiger partial charge in [0, 0.05) is 24.3 Å². The molecule has 0 aromatic heterocycles. The minimum Gasteiger partial charge on any atom is -0.496 e. The van der Waals surface area contributed by atoms with Crippen LogP contribution in [0, 0.1) is 6.92 Å². The normalized spacial score (nSPS) is 15.4. The van der Waals surface area contributed by atoms with Crippen LogP contribution in [0.2, 0.25) is 0 Å². The minimum absolute atomic E-state index is 0.0699. The molecule has 5 nitrogen and oxygen atoms in total. The Balaban J connectivity index is 1.64. The van der Waals surface area contributed by atoms with E-state index in [0.717, 1.165) is 48.9 Å². The van der Waals surface area contributed by atoms with Crippen molar-refractivity contribution in [1.29, 1.82) is 0 Å². The van der Waals surface area contributed by atoms with Gasteiger partial charge in [-0.25, -0.2) is 0 Å². The van der Waals surface area contributed by atoms with E-state index < -0.39 is 0 Å². The Morgan fingerprint density at radius 2 is 1.85 bits per heavy atom. The van der Waals surface area contributed by atoms with E-state index in [1.807, 2.05) is 56.3 Å². The van der Waals surface area contributed by atoms with Crippen LogP contribution in [0.15, 0.2) is 42.5 Å². The highest BCUT2D eigenvalue weighted by atomic mass is 16.5. The number of aryl methyl sites for hydroxylation is 1. The van der Waals surface area contributed by atoms with Crippen LogP contribution in [0.25, 0.3) is 0 Å². The highest BCUT2D eigenvalue weighted by molar-refractivity contribution is 5.94. The molecule has 0 bridgehead atoms. The van der Waals surface area contributed by atoms with Gasteiger partial charge in [0.1, 0.15) is 5.75 Å². The van der Waals surface area contributed by atoms with Crippen molar-refractivity contribution in [2.24, 2.45) is 0 Å². The third kappa shape index (κ3) is 4.17. The molecule has 26 heavy (non-hydrogen) atoms. The molecule has 1 aliphatic heterocycles. The van der Waals surface area contributed by atoms with Gasteiger partial charge >= 0.3 is 0 Å². The summed E-state index contributed by atoms with van der Waals surface area (Å²) >= 11 is 0. The molecule has 0 radical (unpaired) electrons. The third-order valence-electron chi connectivity index (χ3n) is 4.77. The lowest BCUT2D eigenvalue weighted by molar-refractivity contribution is 0.0940. The molecule has 1 saturated heterocycles. The summed E-state index contributed by atoms with van der Waals surface area (Å²) < 4.78 is 10.7. The second-order valence-corrected chi connectivity index (χ2v) is 6.57. The van der Waals surface area contributed by atoms with Gasteiger partial charge in [-0.1, -0.05) is 12.1 Å². The van der Waals surface area contributed by atoms with Crippen LogP contribution < -0.4 is 15.0 Å². The summed E-state index contributed by atoms with van der Waals surface area (Å²) in [6.07, 6.45) is 0. The van der Waals surface area contributed by atoms with Crippen molar-refractivity contribution in [3.8, 4) is 5.75 Å². The second-order valence-electron chi connectivity index (χ2n) is 6.57. The van der Waals surface area contributed by atoms with Crippen LogP contribution in [0.1, 0.15) is 34.5 Å². The number of ether oxygens (including phenoxy) is 2. The molecule has 1 heterocycles. The SMILES string of the molecule is COc1ccc([C@H](C)NC(=O)c2ccc(N3CCOCC3)cc2)cc1C. The van der Waals surface area contributed by atoms with Crippen LogP contribution in [0.5, 0.6) is 5.75 Å². The van der Waals surface area contributed by atoms with Crippen LogP contribution in [-0.2, 0) is 4.74 Å². The van der Waals surface area contributed by atoms with Gasteiger partial charge in [0.05, 0.1) is 26.4 Å². The highest BCUT2D eigenvalue weighted by Crippen LogP contribution is 2.23. The fourth-order valence-electron chi connectivity index (χ4n) is 3.18. The zero-order valence-electron chi connectivity index (χ0n) is 15.6. The molecular formula is C21H26N2O3. The number of carbonyl (C=O) groups is 1. The van der Waals surface area contributed by atoms with Gasteiger partial charge in [-0.05, 0) is 55.3 Å². The van der Waals surface area contributed by atoms with Crippen LogP contribution >= 0.6 is 0 Å². The van der Waals surface area contributed by atoms with E-state index in [1.165, 1.54) is 0 Å². The van der Waals surface area contributed by atoms with E-state index in [0.29, 0.717) is 5.56 Å². The van der Waals surface area contributed by atoms with Crippen molar-refractivity contribution in [2.75, 3.05) is 38.3 Å². The van der Waals surface area contributed by atoms with E-state index in [2.05, 4.69) is 10.2 Å². The number of anilines is 1. The maximum absolute atomic E-state index is 12.6. The summed E-state index contributed by atoms with van der Waals surface area (Å²) in [5.41, 5.74) is 3.91. The smallest absolute Gasteiger partial charge is 0.251 e. The Morgan fingerprint density at radius 1 is 1.15 bits per heavy atom. The number of nitrogens with one attached hydrogen (secondary N) is 1. The van der Waals surface area contributed by atoms with Crippen LogP contribution in [0.4, 0.5) is 5.69 Å². The highest BCUT2D eigenvalue weighted by Gasteiger charge is 2.14. The first-order valence-electron chi connectivity index (χ1n) is 8.96. The summed E-state index contributed by atoms with van der Waals surface area (Å²) in [6, 6.07) is 13.7. The van der Waals surface area contributed by atoms with Gasteiger partial charge in [-0.15, -0.1) is 0 Å². The number of hydrogen-bond donors (Lipinski definition) is 1. The number of hydrogen-bond acceptors (Lipinski definition) is 4. The maximum atomic E-state index is 12.6. The molecule has 1 aliphatic rings. The molecule has 0 spiro atoms. The van der Waals surface area contributed by atoms with Crippen molar-refractivity contribution in [3.05, 3.63) is 59.2 Å². The average molecular weight is 354 g/mol. The largest absolute Gasteiger partial charge is 0.496 e. The first kappa shape index (κ1) is 18.3. The lowest BCUT2D eigenvalue weighted by Crippen LogP contribution is -2.36. The van der Waals surface area contributed by atoms with Crippen LogP contribution in [-0.4, -0.2) is 39.3 Å². The lowest BCUT2D eigenvalue weighted by atomic mass is 10.0. The zero-order chi connectivity index (χ0) is 18.5. The van der Waals surface area contributed by atoms with Gasteiger partial charge in [-0.2, -0.15) is 0 Å². The number of carbonyl (C=O) groups excluding carboxylic acids is 1. The molecule has 0 aliphatic carbocycles. The maximum Gasteiger partial charge on any atom is 0.251 e. The number of amides is 1. The molecule has 1 fully saturated rings. The third-order valence-corrected chi connectivity index (χ3v) is 4.77. The van der Waals surface area contributed by atoms with Crippen molar-refractivity contribution in [3.63, 3.8) is 0 Å². The number of nitrogens with zero attached hydrogens (tertiary/aromatic N) is 1. The molecule has 2 aromatic rings. The quantitative estimate of drug-likeness (QED) is 0.895. The van der Waals surface area contributed by atoms with E-state index in [-0.39, 0.29) is 11.9 Å². The number of benzene rings is 2. The standard InChI is InChI=1S/C21H26N2O3/c1-15-14-18(6-9-20(15)25-3)16(2)22-21(24)17-4-7-19(8-5-17)23-10-12-26-13-11-23/h4-9,14,16H,10-13H2,1-3H3,(H,22,24)/t16-/m0/s1. The molecule has 1 atom stereocenters. The molecule has 5 heteroatoms. The number of methoxy groups -OCH3 is 1. The topological polar surface area (TPSA) is 50.8 Å². The molecule has 1 amide bonds. The second kappa shape index (κ2) is 8.23. The Morgan fingerprint density at radius 3 is 2.46 bits per heavy atom. The summed E-state index contributed by atoms with van der Waals surface area (Å²) in [7, 11) is 1.66. The molecule has 138 valence electrons. The first-order valence-corrected chi connectivity index (χ1v) is 8.96. The predicted molar refractivity (Wildman–Crippen MR) is 103 cm³/mol. The Hall–Kier alpha value is -2.53. The van der Waals surface area contributed by atoms with E-state index in [9.17, 15) is 4.79 Å². The Labute approximate surface area is 154 Å². The van der Waals surface area contributed by atoms with Crippen LogP contribution in [0.3, 0.4) is 0 Å². The van der Waals surface area contributed by atoms with Crippen molar-refractivity contribution in [1.82, 2.24) is 5.32 Å². The summed E-state index contributed by atoms with van der Waals surface area (Å²) in [5.74, 6) is 0.783. The van der Waals surface area contributed by atoms with Crippen molar-refractivity contribution >= 4 is 11.6 Å². The first-order chi connectivity index (χ1) is 12.6. The molecule has 0 saturated carbocycles. The molecule has 0 unspecified atom stereocenters. The average Bonchev–Trinajstić information content (AvgIpc) is 2.68. The van der Waals surface area contributed by atoms with E-state index >= 15 is 0 Å². The zero-order valence-corrected chi connectivity index (χ0v) is 15.6. The summed E-state index contributed by atoms with van der Waals surface area (Å²) in [5, 5.41) is 3.06. The number of rotatable bonds is 5. The van der Waals surface area contributed by atoms with Gasteiger partial charge < -0.3 is 19.7 Å². The van der Waals surface area contributed by atoms with Gasteiger partial charge in [-0.3, -0.25) is 4.79 Å². The molecule has 3 rings (SSSR count). The fourth-order valence-corrected chi connectivity index (χ4v) is 3.18. The Bertz CT molecular complexity index is 752. The summed E-state index contributed by atoms with van der Waals surface area (Å²) in [6.45, 7) is 7.27. The van der Waals surface area contributed by atoms with E-state index in [1.54, 1.807) is 7.11 Å². The molecular weight excluding hydrogens is 328 g/mol. The lowest BCUT2D eigenvalue weighted by Gasteiger charge is -2.28.